The topological polar surface area (TPSA) is 131 Å². The molecule has 10 heteroatoms. The molecule has 1 aromatic heterocycles. The van der Waals surface area contributed by atoms with Crippen molar-refractivity contribution in [3.8, 4) is 0 Å². The van der Waals surface area contributed by atoms with Gasteiger partial charge in [0.15, 0.2) is 6.29 Å². The predicted octanol–water partition coefficient (Wildman–Crippen LogP) is 2.10. The number of hydrogen-bond donors (Lipinski definition) is 3. The number of nitrogens with zero attached hydrogens (tertiary/aromatic N) is 3. The number of amides is 2. The third-order valence-corrected chi connectivity index (χ3v) is 5.39. The molecule has 1 aromatic carbocycles. The van der Waals surface area contributed by atoms with Crippen LogP contribution in [0.25, 0.3) is 6.08 Å². The largest absolute Gasteiger partial charge is 0.322 e. The van der Waals surface area contributed by atoms with Gasteiger partial charge in [-0.2, -0.15) is 5.10 Å². The van der Waals surface area contributed by atoms with Gasteiger partial charge >= 0.3 is 0 Å². The van der Waals surface area contributed by atoms with E-state index in [9.17, 15) is 19.7 Å². The van der Waals surface area contributed by atoms with E-state index in [2.05, 4.69) is 21.0 Å². The maximum atomic E-state index is 12.4. The Morgan fingerprint density at radius 3 is 2.83 bits per heavy atom. The Labute approximate surface area is 172 Å². The standard InChI is InChI=1S/C20H22N6O4/c1-12-11-17(22-18(27)10-7-13-5-8-14(9-6-13)26(29)30)25(24-12)20-21-16-4-2-3-15(16)19(28)23-20/h5-11,15-16,20-21H,2-4H2,1H3,(H,22,27)(H,23,28)/b10-7+. The first-order valence-electron chi connectivity index (χ1n) is 9.77. The highest BCUT2D eigenvalue weighted by Crippen LogP contribution is 2.30. The number of carbonyl (C=O) groups excluding carboxylic acids is 2. The minimum atomic E-state index is -0.528. The zero-order chi connectivity index (χ0) is 21.3. The number of aryl methyl sites for hydroxylation is 1. The average Bonchev–Trinajstić information content (AvgIpc) is 3.33. The second-order valence-electron chi connectivity index (χ2n) is 7.51. The average molecular weight is 410 g/mol. The van der Waals surface area contributed by atoms with Crippen molar-refractivity contribution >= 4 is 29.4 Å². The van der Waals surface area contributed by atoms with Crippen molar-refractivity contribution in [3.63, 3.8) is 0 Å². The molecular weight excluding hydrogens is 388 g/mol. The highest BCUT2D eigenvalue weighted by Gasteiger charge is 2.40. The van der Waals surface area contributed by atoms with Crippen LogP contribution >= 0.6 is 0 Å². The number of nitrogens with one attached hydrogen (secondary N) is 3. The quantitative estimate of drug-likeness (QED) is 0.393. The Morgan fingerprint density at radius 1 is 1.33 bits per heavy atom. The number of non-ortho nitro benzene ring substituents is 1. The molecule has 2 fully saturated rings. The number of hydrogen-bond acceptors (Lipinski definition) is 6. The highest BCUT2D eigenvalue weighted by atomic mass is 16.6. The van der Waals surface area contributed by atoms with Crippen LogP contribution < -0.4 is 16.0 Å². The van der Waals surface area contributed by atoms with Gasteiger partial charge in [0.1, 0.15) is 5.82 Å². The van der Waals surface area contributed by atoms with Crippen molar-refractivity contribution in [1.82, 2.24) is 20.4 Å². The number of rotatable bonds is 5. The minimum absolute atomic E-state index is 0.00439. The first kappa shape index (κ1) is 19.8. The molecule has 1 aliphatic carbocycles. The van der Waals surface area contributed by atoms with E-state index in [1.165, 1.54) is 18.2 Å². The van der Waals surface area contributed by atoms with Gasteiger partial charge in [0.05, 0.1) is 16.5 Å². The van der Waals surface area contributed by atoms with Crippen LogP contribution in [-0.2, 0) is 9.59 Å². The first-order valence-corrected chi connectivity index (χ1v) is 9.77. The fraction of sp³-hybridized carbons (Fsp3) is 0.350. The monoisotopic (exact) mass is 410 g/mol. The lowest BCUT2D eigenvalue weighted by Gasteiger charge is -2.34. The highest BCUT2D eigenvalue weighted by molar-refractivity contribution is 6.01. The van der Waals surface area contributed by atoms with E-state index < -0.39 is 11.2 Å². The molecule has 1 aliphatic heterocycles. The summed E-state index contributed by atoms with van der Waals surface area (Å²) in [5.41, 5.74) is 1.35. The molecule has 4 rings (SSSR count). The van der Waals surface area contributed by atoms with E-state index in [1.807, 2.05) is 6.92 Å². The lowest BCUT2D eigenvalue weighted by molar-refractivity contribution is -0.384. The van der Waals surface area contributed by atoms with Gasteiger partial charge in [-0.1, -0.05) is 6.42 Å². The second kappa shape index (κ2) is 8.07. The molecule has 0 bridgehead atoms. The Kier molecular flexibility index (Phi) is 5.32. The van der Waals surface area contributed by atoms with Crippen molar-refractivity contribution in [3.05, 3.63) is 57.8 Å². The van der Waals surface area contributed by atoms with Gasteiger partial charge in [0.2, 0.25) is 11.8 Å². The molecule has 0 radical (unpaired) electrons. The van der Waals surface area contributed by atoms with Crippen LogP contribution in [0.1, 0.15) is 36.8 Å². The number of carbonyl (C=O) groups is 2. The van der Waals surface area contributed by atoms with Crippen LogP contribution in [0.15, 0.2) is 36.4 Å². The molecule has 1 saturated heterocycles. The first-order chi connectivity index (χ1) is 14.4. The van der Waals surface area contributed by atoms with Crippen molar-refractivity contribution in [2.45, 2.75) is 38.5 Å². The summed E-state index contributed by atoms with van der Waals surface area (Å²) in [5.74, 6) is 0.0702. The van der Waals surface area contributed by atoms with E-state index in [0.29, 0.717) is 17.1 Å². The lowest BCUT2D eigenvalue weighted by atomic mass is 10.0. The van der Waals surface area contributed by atoms with Crippen molar-refractivity contribution in [1.29, 1.82) is 0 Å². The number of nitro groups is 1. The van der Waals surface area contributed by atoms with E-state index in [-0.39, 0.29) is 29.5 Å². The number of anilines is 1. The van der Waals surface area contributed by atoms with Gasteiger partial charge in [-0.15, -0.1) is 0 Å². The van der Waals surface area contributed by atoms with Crippen LogP contribution in [0.4, 0.5) is 11.5 Å². The maximum absolute atomic E-state index is 12.4. The van der Waals surface area contributed by atoms with Crippen molar-refractivity contribution in [2.75, 3.05) is 5.32 Å². The summed E-state index contributed by atoms with van der Waals surface area (Å²) in [5, 5.41) is 24.2. The van der Waals surface area contributed by atoms with Crippen LogP contribution in [0, 0.1) is 23.0 Å². The minimum Gasteiger partial charge on any atom is -0.322 e. The van der Waals surface area contributed by atoms with Crippen LogP contribution in [-0.4, -0.2) is 32.6 Å². The zero-order valence-electron chi connectivity index (χ0n) is 16.4. The summed E-state index contributed by atoms with van der Waals surface area (Å²) in [6.07, 6.45) is 5.21. The smallest absolute Gasteiger partial charge is 0.269 e. The lowest BCUT2D eigenvalue weighted by Crippen LogP contribution is -2.57. The third-order valence-electron chi connectivity index (χ3n) is 5.39. The molecule has 3 N–H and O–H groups in total. The molecule has 3 unspecified atom stereocenters. The van der Waals surface area contributed by atoms with Gasteiger partial charge in [-0.25, -0.2) is 4.68 Å². The van der Waals surface area contributed by atoms with Crippen LogP contribution in [0.3, 0.4) is 0 Å². The van der Waals surface area contributed by atoms with Crippen LogP contribution in [0.2, 0.25) is 0 Å². The summed E-state index contributed by atoms with van der Waals surface area (Å²) >= 11 is 0. The van der Waals surface area contributed by atoms with Gasteiger partial charge in [0, 0.05) is 30.3 Å². The molecule has 2 heterocycles. The summed E-state index contributed by atoms with van der Waals surface area (Å²) < 4.78 is 1.57. The summed E-state index contributed by atoms with van der Waals surface area (Å²) in [6.45, 7) is 1.81. The molecule has 0 spiro atoms. The summed E-state index contributed by atoms with van der Waals surface area (Å²) in [4.78, 5) is 35.0. The maximum Gasteiger partial charge on any atom is 0.269 e. The van der Waals surface area contributed by atoms with E-state index in [4.69, 9.17) is 0 Å². The molecule has 156 valence electrons. The Balaban J connectivity index is 1.45. The van der Waals surface area contributed by atoms with Gasteiger partial charge < -0.3 is 10.6 Å². The molecule has 1 saturated carbocycles. The molecule has 2 aromatic rings. The van der Waals surface area contributed by atoms with Crippen LogP contribution in [0.5, 0.6) is 0 Å². The van der Waals surface area contributed by atoms with Gasteiger partial charge in [0.25, 0.3) is 5.69 Å². The van der Waals surface area contributed by atoms with E-state index in [0.717, 1.165) is 19.3 Å². The fourth-order valence-electron chi connectivity index (χ4n) is 3.95. The van der Waals surface area contributed by atoms with Gasteiger partial charge in [-0.3, -0.25) is 25.0 Å². The SMILES string of the molecule is Cc1cc(NC(=O)/C=C/c2ccc([N+](=O)[O-])cc2)n(C2NC(=O)C3CCCC3N2)n1. The zero-order valence-corrected chi connectivity index (χ0v) is 16.4. The van der Waals surface area contributed by atoms with Crippen molar-refractivity contribution < 1.29 is 14.5 Å². The Hall–Kier alpha value is -3.53. The number of nitro benzene ring substituents is 1. The second-order valence-corrected chi connectivity index (χ2v) is 7.51. The molecule has 30 heavy (non-hydrogen) atoms. The van der Waals surface area contributed by atoms with E-state index >= 15 is 0 Å². The normalized spacial score (nSPS) is 23.2. The molecular formula is C20H22N6O4. The molecule has 2 amide bonds. The number of fused-ring (bicyclic) bond motifs is 1. The predicted molar refractivity (Wildman–Crippen MR) is 109 cm³/mol. The molecule has 10 nitrogen and oxygen atoms in total. The molecule has 3 atom stereocenters. The Morgan fingerprint density at radius 2 is 2.10 bits per heavy atom. The van der Waals surface area contributed by atoms with Crippen molar-refractivity contribution in [2.24, 2.45) is 5.92 Å². The summed E-state index contributed by atoms with van der Waals surface area (Å²) in [7, 11) is 0. The molecule has 2 aliphatic rings. The fourth-order valence-corrected chi connectivity index (χ4v) is 3.95. The van der Waals surface area contributed by atoms with Gasteiger partial charge in [-0.05, 0) is 43.5 Å². The third kappa shape index (κ3) is 4.08. The summed E-state index contributed by atoms with van der Waals surface area (Å²) in [6, 6.07) is 7.73. The van der Waals surface area contributed by atoms with E-state index in [1.54, 1.807) is 29.0 Å². The number of aromatic nitrogens is 2. The Bertz CT molecular complexity index is 1010. The number of benzene rings is 1.